The fraction of sp³-hybridized carbons (Fsp3) is 0.833. The second-order valence-corrected chi connectivity index (χ2v) is 6.69. The van der Waals surface area contributed by atoms with Crippen LogP contribution >= 0.6 is 0 Å². The van der Waals surface area contributed by atoms with Crippen molar-refractivity contribution in [3.8, 4) is 0 Å². The van der Waals surface area contributed by atoms with Crippen LogP contribution in [0.5, 0.6) is 0 Å². The van der Waals surface area contributed by atoms with E-state index < -0.39 is 22.0 Å². The van der Waals surface area contributed by atoms with E-state index in [9.17, 15) is 13.8 Å². The molecule has 2 N–H and O–H groups in total. The van der Waals surface area contributed by atoms with Crippen molar-refractivity contribution in [3.63, 3.8) is 0 Å². The van der Waals surface area contributed by atoms with Crippen LogP contribution in [0.15, 0.2) is 0 Å². The van der Waals surface area contributed by atoms with E-state index in [1.165, 1.54) is 6.42 Å². The molecule has 5 nitrogen and oxygen atoms in total. The molecule has 1 aliphatic rings. The summed E-state index contributed by atoms with van der Waals surface area (Å²) in [6, 6.07) is 0.207. The van der Waals surface area contributed by atoms with Crippen molar-refractivity contribution in [1.29, 1.82) is 0 Å². The van der Waals surface area contributed by atoms with E-state index in [0.29, 0.717) is 0 Å². The summed E-state index contributed by atoms with van der Waals surface area (Å²) in [5.41, 5.74) is 0. The van der Waals surface area contributed by atoms with Crippen LogP contribution < -0.4 is 5.32 Å². The first-order valence-corrected chi connectivity index (χ1v) is 7.75. The lowest BCUT2D eigenvalue weighted by Gasteiger charge is -2.22. The number of carboxylic acids is 1. The highest BCUT2D eigenvalue weighted by atomic mass is 32.2. The first-order valence-electron chi connectivity index (χ1n) is 6.37. The average molecular weight is 275 g/mol. The largest absolute Gasteiger partial charge is 0.481 e. The molecule has 6 heteroatoms. The zero-order valence-electron chi connectivity index (χ0n) is 10.7. The van der Waals surface area contributed by atoms with Gasteiger partial charge >= 0.3 is 5.97 Å². The molecule has 1 rings (SSSR count). The topological polar surface area (TPSA) is 83.5 Å². The summed E-state index contributed by atoms with van der Waals surface area (Å²) >= 11 is 0. The van der Waals surface area contributed by atoms with Crippen molar-refractivity contribution in [2.45, 2.75) is 56.7 Å². The van der Waals surface area contributed by atoms with Gasteiger partial charge < -0.3 is 10.4 Å². The summed E-state index contributed by atoms with van der Waals surface area (Å²) in [6.07, 6.45) is 5.29. The molecule has 1 saturated carbocycles. The van der Waals surface area contributed by atoms with Gasteiger partial charge in [-0.15, -0.1) is 0 Å². The maximum atomic E-state index is 11.7. The van der Waals surface area contributed by atoms with Gasteiger partial charge in [-0.05, 0) is 12.8 Å². The standard InChI is InChI=1S/C12H21NO4S/c1-9(7-12(15)16)18(17)8-11(14)13-10-5-3-2-4-6-10/h9-10H,2-8H2,1H3,(H,13,14)(H,15,16). The molecule has 0 aliphatic heterocycles. The highest BCUT2D eigenvalue weighted by Crippen LogP contribution is 2.17. The third kappa shape index (κ3) is 5.62. The van der Waals surface area contributed by atoms with E-state index in [0.717, 1.165) is 25.7 Å². The Morgan fingerprint density at radius 3 is 2.50 bits per heavy atom. The number of rotatable bonds is 6. The number of carboxylic acid groups (broad SMARTS) is 1. The highest BCUT2D eigenvalue weighted by molar-refractivity contribution is 7.86. The molecule has 0 heterocycles. The molecule has 1 fully saturated rings. The van der Waals surface area contributed by atoms with Crippen LogP contribution in [-0.2, 0) is 20.4 Å². The smallest absolute Gasteiger partial charge is 0.304 e. The second-order valence-electron chi connectivity index (χ2n) is 4.84. The van der Waals surface area contributed by atoms with Gasteiger partial charge in [-0.3, -0.25) is 13.8 Å². The molecular weight excluding hydrogens is 254 g/mol. The minimum absolute atomic E-state index is 0.0923. The third-order valence-electron chi connectivity index (χ3n) is 3.15. The van der Waals surface area contributed by atoms with Gasteiger partial charge in [-0.2, -0.15) is 0 Å². The summed E-state index contributed by atoms with van der Waals surface area (Å²) in [5.74, 6) is -1.30. The lowest BCUT2D eigenvalue weighted by molar-refractivity contribution is -0.137. The van der Waals surface area contributed by atoms with Gasteiger partial charge in [0.2, 0.25) is 5.91 Å². The average Bonchev–Trinajstić information content (AvgIpc) is 2.29. The number of carbonyl (C=O) groups is 2. The van der Waals surface area contributed by atoms with E-state index in [1.807, 2.05) is 0 Å². The van der Waals surface area contributed by atoms with E-state index in [2.05, 4.69) is 5.32 Å². The fourth-order valence-electron chi connectivity index (χ4n) is 2.13. The van der Waals surface area contributed by atoms with E-state index in [4.69, 9.17) is 5.11 Å². The van der Waals surface area contributed by atoms with Crippen LogP contribution in [-0.4, -0.2) is 38.2 Å². The Morgan fingerprint density at radius 2 is 1.94 bits per heavy atom. The number of hydrogen-bond acceptors (Lipinski definition) is 3. The first kappa shape index (κ1) is 15.1. The monoisotopic (exact) mass is 275 g/mol. The molecule has 2 atom stereocenters. The summed E-state index contributed by atoms with van der Waals surface area (Å²) in [6.45, 7) is 1.60. The van der Waals surface area contributed by atoms with Crippen LogP contribution in [0.3, 0.4) is 0 Å². The second kappa shape index (κ2) is 7.51. The molecule has 1 amide bonds. The Morgan fingerprint density at radius 1 is 1.33 bits per heavy atom. The summed E-state index contributed by atoms with van der Waals surface area (Å²) < 4.78 is 11.7. The number of amides is 1. The molecule has 0 spiro atoms. The minimum Gasteiger partial charge on any atom is -0.481 e. The number of hydrogen-bond donors (Lipinski definition) is 2. The molecule has 0 radical (unpaired) electrons. The number of carbonyl (C=O) groups excluding carboxylic acids is 1. The van der Waals surface area contributed by atoms with Gasteiger partial charge in [0, 0.05) is 22.1 Å². The SMILES string of the molecule is CC(CC(=O)O)S(=O)CC(=O)NC1CCCCC1. The van der Waals surface area contributed by atoms with Gasteiger partial charge in [0.05, 0.1) is 6.42 Å². The highest BCUT2D eigenvalue weighted by Gasteiger charge is 2.20. The van der Waals surface area contributed by atoms with Crippen molar-refractivity contribution < 1.29 is 18.9 Å². The molecule has 0 aromatic rings. The molecule has 18 heavy (non-hydrogen) atoms. The van der Waals surface area contributed by atoms with Crippen molar-refractivity contribution in [2.24, 2.45) is 0 Å². The lowest BCUT2D eigenvalue weighted by atomic mass is 9.95. The van der Waals surface area contributed by atoms with Crippen LogP contribution in [0.1, 0.15) is 45.4 Å². The van der Waals surface area contributed by atoms with Crippen LogP contribution in [0.2, 0.25) is 0 Å². The van der Waals surface area contributed by atoms with Crippen LogP contribution in [0.25, 0.3) is 0 Å². The molecule has 1 aliphatic carbocycles. The van der Waals surface area contributed by atoms with Crippen molar-refractivity contribution >= 4 is 22.7 Å². The van der Waals surface area contributed by atoms with Crippen molar-refractivity contribution in [2.75, 3.05) is 5.75 Å². The third-order valence-corrected chi connectivity index (χ3v) is 4.77. The molecular formula is C12H21NO4S. The quantitative estimate of drug-likeness (QED) is 0.759. The molecule has 0 bridgehead atoms. The van der Waals surface area contributed by atoms with Gasteiger partial charge in [0.15, 0.2) is 0 Å². The lowest BCUT2D eigenvalue weighted by Crippen LogP contribution is -2.39. The summed E-state index contributed by atoms with van der Waals surface area (Å²) in [4.78, 5) is 22.1. The van der Waals surface area contributed by atoms with E-state index in [1.54, 1.807) is 6.92 Å². The Kier molecular flexibility index (Phi) is 6.32. The zero-order chi connectivity index (χ0) is 13.5. The van der Waals surface area contributed by atoms with Crippen molar-refractivity contribution in [3.05, 3.63) is 0 Å². The number of aliphatic carboxylic acids is 1. The Labute approximate surface area is 110 Å². The van der Waals surface area contributed by atoms with Crippen molar-refractivity contribution in [1.82, 2.24) is 5.32 Å². The molecule has 0 aromatic heterocycles. The molecule has 104 valence electrons. The van der Waals surface area contributed by atoms with Gasteiger partial charge in [0.25, 0.3) is 0 Å². The zero-order valence-corrected chi connectivity index (χ0v) is 11.5. The molecule has 2 unspecified atom stereocenters. The maximum absolute atomic E-state index is 11.7. The van der Waals surface area contributed by atoms with Crippen LogP contribution in [0.4, 0.5) is 0 Å². The Balaban J connectivity index is 2.30. The predicted molar refractivity (Wildman–Crippen MR) is 69.7 cm³/mol. The fourth-order valence-corrected chi connectivity index (χ4v) is 3.08. The van der Waals surface area contributed by atoms with Gasteiger partial charge in [-0.25, -0.2) is 0 Å². The first-order chi connectivity index (χ1) is 8.49. The summed E-state index contributed by atoms with van der Waals surface area (Å²) in [7, 11) is -1.41. The van der Waals surface area contributed by atoms with E-state index in [-0.39, 0.29) is 24.1 Å². The Bertz CT molecular complexity index is 326. The van der Waals surface area contributed by atoms with Gasteiger partial charge in [0.1, 0.15) is 5.75 Å². The van der Waals surface area contributed by atoms with E-state index >= 15 is 0 Å². The normalized spacial score (nSPS) is 20.1. The minimum atomic E-state index is -1.41. The Hall–Kier alpha value is -0.910. The molecule has 0 saturated heterocycles. The predicted octanol–water partition coefficient (Wildman–Crippen LogP) is 1.05. The van der Waals surface area contributed by atoms with Crippen LogP contribution in [0, 0.1) is 0 Å². The summed E-state index contributed by atoms with van der Waals surface area (Å²) in [5, 5.41) is 11.0. The van der Waals surface area contributed by atoms with Gasteiger partial charge in [-0.1, -0.05) is 26.2 Å². The molecule has 0 aromatic carbocycles. The number of nitrogens with one attached hydrogen (secondary N) is 1. The maximum Gasteiger partial charge on any atom is 0.304 e.